The van der Waals surface area contributed by atoms with E-state index in [4.69, 9.17) is 0 Å². The Bertz CT molecular complexity index is 809. The van der Waals surface area contributed by atoms with Crippen LogP contribution in [0.25, 0.3) is 4.96 Å². The van der Waals surface area contributed by atoms with E-state index in [9.17, 15) is 9.59 Å². The van der Waals surface area contributed by atoms with Crippen LogP contribution < -0.4 is 10.6 Å². The van der Waals surface area contributed by atoms with Gasteiger partial charge in [-0.3, -0.25) is 14.5 Å². The van der Waals surface area contributed by atoms with Crippen molar-refractivity contribution < 1.29 is 9.59 Å². The molecule has 1 atom stereocenters. The van der Waals surface area contributed by atoms with Crippen LogP contribution in [0, 0.1) is 12.8 Å². The second-order valence-corrected chi connectivity index (χ2v) is 9.03. The van der Waals surface area contributed by atoms with Gasteiger partial charge in [-0.2, -0.15) is 5.10 Å². The monoisotopic (exact) mass is 404 g/mol. The molecule has 1 unspecified atom stereocenters. The highest BCUT2D eigenvalue weighted by molar-refractivity contribution is 7.16. The van der Waals surface area contributed by atoms with Gasteiger partial charge in [-0.1, -0.05) is 30.6 Å². The molecule has 1 saturated carbocycles. The Morgan fingerprint density at radius 2 is 2.18 bits per heavy atom. The second kappa shape index (κ2) is 8.57. The van der Waals surface area contributed by atoms with Gasteiger partial charge < -0.3 is 10.6 Å². The summed E-state index contributed by atoms with van der Waals surface area (Å²) >= 11 is 1.52. The lowest BCUT2D eigenvalue weighted by Crippen LogP contribution is -2.57. The average Bonchev–Trinajstić information content (AvgIpc) is 3.20. The Balaban J connectivity index is 1.32. The molecule has 2 aromatic heterocycles. The van der Waals surface area contributed by atoms with Crippen molar-refractivity contribution in [3.8, 4) is 0 Å². The molecule has 1 aliphatic heterocycles. The van der Waals surface area contributed by atoms with E-state index in [1.54, 1.807) is 4.52 Å². The van der Waals surface area contributed by atoms with Crippen LogP contribution in [0.5, 0.6) is 0 Å². The third kappa shape index (κ3) is 4.52. The van der Waals surface area contributed by atoms with Gasteiger partial charge in [0, 0.05) is 19.6 Å². The molecule has 1 saturated heterocycles. The maximum absolute atomic E-state index is 12.5. The molecule has 9 heteroatoms. The van der Waals surface area contributed by atoms with Crippen molar-refractivity contribution in [3.63, 3.8) is 0 Å². The summed E-state index contributed by atoms with van der Waals surface area (Å²) in [5, 5.41) is 11.1. The van der Waals surface area contributed by atoms with Gasteiger partial charge in [-0.25, -0.2) is 9.50 Å². The van der Waals surface area contributed by atoms with Gasteiger partial charge in [0.1, 0.15) is 5.01 Å². The Morgan fingerprint density at radius 1 is 1.36 bits per heavy atom. The maximum atomic E-state index is 12.5. The minimum Gasteiger partial charge on any atom is -0.353 e. The number of hydrogen-bond acceptors (Lipinski definition) is 6. The standard InChI is InChI=1S/C19H28N6O2S/c1-13-23-25-12-15(22-19(25)28-13)10-21-17(26)9-16-18(27)20-7-8-24(16)11-14-5-3-2-4-6-14/h12,14,16H,2-11H2,1H3,(H,20,27)(H,21,26). The average molecular weight is 405 g/mol. The minimum absolute atomic E-state index is 0.0283. The van der Waals surface area contributed by atoms with Crippen LogP contribution >= 0.6 is 11.3 Å². The Kier molecular flexibility index (Phi) is 5.91. The molecule has 0 radical (unpaired) electrons. The van der Waals surface area contributed by atoms with Gasteiger partial charge in [0.05, 0.1) is 30.9 Å². The highest BCUT2D eigenvalue weighted by Crippen LogP contribution is 2.25. The zero-order chi connectivity index (χ0) is 19.5. The lowest BCUT2D eigenvalue weighted by molar-refractivity contribution is -0.134. The van der Waals surface area contributed by atoms with Crippen molar-refractivity contribution in [2.24, 2.45) is 5.92 Å². The number of aromatic nitrogens is 3. The Labute approximate surface area is 168 Å². The number of nitrogens with zero attached hydrogens (tertiary/aromatic N) is 4. The summed E-state index contributed by atoms with van der Waals surface area (Å²) in [6.07, 6.45) is 8.40. The van der Waals surface area contributed by atoms with Crippen LogP contribution in [0.3, 0.4) is 0 Å². The van der Waals surface area contributed by atoms with Gasteiger partial charge >= 0.3 is 0 Å². The summed E-state index contributed by atoms with van der Waals surface area (Å²) in [6.45, 7) is 4.71. The number of carbonyl (C=O) groups excluding carboxylic acids is 2. The number of amides is 2. The predicted molar refractivity (Wildman–Crippen MR) is 107 cm³/mol. The van der Waals surface area contributed by atoms with Crippen LogP contribution in [0.4, 0.5) is 0 Å². The molecule has 3 heterocycles. The van der Waals surface area contributed by atoms with Crippen molar-refractivity contribution in [1.82, 2.24) is 30.1 Å². The van der Waals surface area contributed by atoms with E-state index >= 15 is 0 Å². The van der Waals surface area contributed by atoms with Crippen molar-refractivity contribution in [1.29, 1.82) is 0 Å². The predicted octanol–water partition coefficient (Wildman–Crippen LogP) is 1.49. The van der Waals surface area contributed by atoms with Gasteiger partial charge in [-0.05, 0) is 25.7 Å². The summed E-state index contributed by atoms with van der Waals surface area (Å²) < 4.78 is 1.74. The fourth-order valence-electron chi connectivity index (χ4n) is 4.27. The molecule has 2 amide bonds. The summed E-state index contributed by atoms with van der Waals surface area (Å²) in [7, 11) is 0. The van der Waals surface area contributed by atoms with E-state index in [2.05, 4.69) is 25.6 Å². The Morgan fingerprint density at radius 3 is 2.96 bits per heavy atom. The number of piperazine rings is 1. The van der Waals surface area contributed by atoms with E-state index < -0.39 is 0 Å². The highest BCUT2D eigenvalue weighted by Gasteiger charge is 2.33. The zero-order valence-electron chi connectivity index (χ0n) is 16.3. The topological polar surface area (TPSA) is 91.6 Å². The molecule has 2 N–H and O–H groups in total. The fourth-order valence-corrected chi connectivity index (χ4v) is 5.01. The lowest BCUT2D eigenvalue weighted by atomic mass is 9.88. The van der Waals surface area contributed by atoms with Crippen LogP contribution in [-0.2, 0) is 16.1 Å². The first kappa shape index (κ1) is 19.3. The molecule has 0 aromatic carbocycles. The molecule has 0 bridgehead atoms. The summed E-state index contributed by atoms with van der Waals surface area (Å²) in [5.41, 5.74) is 0.777. The number of rotatable bonds is 6. The van der Waals surface area contributed by atoms with Crippen molar-refractivity contribution in [2.45, 2.75) is 58.0 Å². The molecular weight excluding hydrogens is 376 g/mol. The van der Waals surface area contributed by atoms with Crippen LogP contribution in [-0.4, -0.2) is 57.0 Å². The maximum Gasteiger partial charge on any atom is 0.237 e. The number of fused-ring (bicyclic) bond motifs is 1. The first-order chi connectivity index (χ1) is 13.6. The summed E-state index contributed by atoms with van der Waals surface area (Å²) in [5.74, 6) is 0.509. The van der Waals surface area contributed by atoms with E-state index in [1.807, 2.05) is 13.1 Å². The van der Waals surface area contributed by atoms with E-state index in [0.29, 0.717) is 19.0 Å². The van der Waals surface area contributed by atoms with Crippen molar-refractivity contribution >= 4 is 28.1 Å². The largest absolute Gasteiger partial charge is 0.353 e. The number of aryl methyl sites for hydroxylation is 1. The smallest absolute Gasteiger partial charge is 0.237 e. The Hall–Kier alpha value is -2.00. The van der Waals surface area contributed by atoms with Crippen LogP contribution in [0.2, 0.25) is 0 Å². The zero-order valence-corrected chi connectivity index (χ0v) is 17.1. The highest BCUT2D eigenvalue weighted by atomic mass is 32.1. The summed E-state index contributed by atoms with van der Waals surface area (Å²) in [4.78, 5) is 32.4. The molecule has 1 aliphatic carbocycles. The second-order valence-electron chi connectivity index (χ2n) is 7.87. The van der Waals surface area contributed by atoms with Gasteiger partial charge in [-0.15, -0.1) is 0 Å². The van der Waals surface area contributed by atoms with Crippen LogP contribution in [0.1, 0.15) is 49.2 Å². The van der Waals surface area contributed by atoms with Crippen LogP contribution in [0.15, 0.2) is 6.20 Å². The lowest BCUT2D eigenvalue weighted by Gasteiger charge is -2.37. The van der Waals surface area contributed by atoms with Gasteiger partial charge in [0.2, 0.25) is 16.8 Å². The quantitative estimate of drug-likeness (QED) is 0.761. The minimum atomic E-state index is -0.370. The SMILES string of the molecule is Cc1nn2cc(CNC(=O)CC3C(=O)NCCN3CC3CCCCC3)nc2s1. The molecule has 152 valence electrons. The van der Waals surface area contributed by atoms with E-state index in [-0.39, 0.29) is 24.3 Å². The molecule has 2 aliphatic rings. The number of hydrogen-bond donors (Lipinski definition) is 2. The first-order valence-electron chi connectivity index (χ1n) is 10.2. The number of imidazole rings is 1. The third-order valence-corrected chi connectivity index (χ3v) is 6.54. The van der Waals surface area contributed by atoms with Gasteiger partial charge in [0.15, 0.2) is 0 Å². The molecule has 8 nitrogen and oxygen atoms in total. The molecule has 0 spiro atoms. The summed E-state index contributed by atoms with van der Waals surface area (Å²) in [6, 6.07) is -0.370. The van der Waals surface area contributed by atoms with E-state index in [1.165, 1.54) is 43.4 Å². The van der Waals surface area contributed by atoms with Gasteiger partial charge in [0.25, 0.3) is 0 Å². The number of carbonyl (C=O) groups is 2. The molecule has 2 aromatic rings. The normalized spacial score (nSPS) is 21.8. The molecule has 4 rings (SSSR count). The number of nitrogens with one attached hydrogen (secondary N) is 2. The first-order valence-corrected chi connectivity index (χ1v) is 11.0. The molecule has 2 fully saturated rings. The van der Waals surface area contributed by atoms with Crippen molar-refractivity contribution in [3.05, 3.63) is 16.9 Å². The van der Waals surface area contributed by atoms with Crippen molar-refractivity contribution in [2.75, 3.05) is 19.6 Å². The molecular formula is C19H28N6O2S. The third-order valence-electron chi connectivity index (χ3n) is 5.70. The fraction of sp³-hybridized carbons (Fsp3) is 0.684. The van der Waals surface area contributed by atoms with E-state index in [0.717, 1.165) is 28.8 Å². The molecule has 28 heavy (non-hydrogen) atoms.